The normalized spacial score (nSPS) is 18.1. The van der Waals surface area contributed by atoms with E-state index in [2.05, 4.69) is 25.3 Å². The zero-order valence-corrected chi connectivity index (χ0v) is 15.5. The highest BCUT2D eigenvalue weighted by molar-refractivity contribution is 5.88. The second-order valence-electron chi connectivity index (χ2n) is 7.05. The summed E-state index contributed by atoms with van der Waals surface area (Å²) in [5, 5.41) is 18.0. The summed E-state index contributed by atoms with van der Waals surface area (Å²) in [6.45, 7) is 3.90. The summed E-state index contributed by atoms with van der Waals surface area (Å²) in [7, 11) is 1.89. The fraction of sp³-hybridized carbons (Fsp3) is 0.474. The molecule has 1 fully saturated rings. The molecule has 8 heteroatoms. The van der Waals surface area contributed by atoms with Crippen molar-refractivity contribution in [3.63, 3.8) is 0 Å². The number of nitrogens with one attached hydrogen (secondary N) is 1. The third kappa shape index (κ3) is 3.91. The number of fused-ring (bicyclic) bond motifs is 1. The number of aliphatic hydroxyl groups excluding tert-OH is 1. The van der Waals surface area contributed by atoms with Crippen LogP contribution in [-0.2, 0) is 7.05 Å². The molecule has 4 rings (SSSR count). The highest BCUT2D eigenvalue weighted by Gasteiger charge is 2.20. The van der Waals surface area contributed by atoms with E-state index in [9.17, 15) is 5.11 Å². The van der Waals surface area contributed by atoms with E-state index in [1.54, 1.807) is 17.1 Å². The number of rotatable bonds is 6. The Morgan fingerprint density at radius 1 is 1.26 bits per heavy atom. The van der Waals surface area contributed by atoms with Crippen LogP contribution in [0.25, 0.3) is 22.4 Å². The Bertz CT molecular complexity index is 894. The van der Waals surface area contributed by atoms with Crippen molar-refractivity contribution in [2.75, 3.05) is 38.1 Å². The van der Waals surface area contributed by atoms with E-state index in [1.807, 2.05) is 25.4 Å². The maximum Gasteiger partial charge on any atom is 0.164 e. The van der Waals surface area contributed by atoms with Crippen LogP contribution >= 0.6 is 0 Å². The Hall–Kier alpha value is -2.58. The van der Waals surface area contributed by atoms with Crippen LogP contribution in [0.5, 0.6) is 0 Å². The van der Waals surface area contributed by atoms with E-state index >= 15 is 0 Å². The molecule has 0 radical (unpaired) electrons. The second-order valence-corrected chi connectivity index (χ2v) is 7.05. The third-order valence-electron chi connectivity index (χ3n) is 5.11. The number of piperidine rings is 1. The number of hydrogen-bond donors (Lipinski definition) is 2. The standard InChI is InChI=1S/C19H25N7O/c1-25-19-16(12-22-25)18(23-17(24-19)15-4-6-20-7-5-15)21-11-14-3-2-8-26(13-14)9-10-27/h4-7,12,14,27H,2-3,8-11,13H2,1H3,(H,21,23,24)/t14-/m1/s1. The van der Waals surface area contributed by atoms with Crippen molar-refractivity contribution in [3.05, 3.63) is 30.7 Å². The van der Waals surface area contributed by atoms with Gasteiger partial charge in [0.25, 0.3) is 0 Å². The van der Waals surface area contributed by atoms with Gasteiger partial charge in [-0.1, -0.05) is 0 Å². The van der Waals surface area contributed by atoms with Crippen LogP contribution in [0.2, 0.25) is 0 Å². The Morgan fingerprint density at radius 2 is 2.11 bits per heavy atom. The Morgan fingerprint density at radius 3 is 2.93 bits per heavy atom. The van der Waals surface area contributed by atoms with E-state index < -0.39 is 0 Å². The van der Waals surface area contributed by atoms with Crippen LogP contribution in [0.4, 0.5) is 5.82 Å². The fourth-order valence-electron chi connectivity index (χ4n) is 3.69. The molecule has 0 amide bonds. The number of likely N-dealkylation sites (tertiary alicyclic amines) is 1. The lowest BCUT2D eigenvalue weighted by molar-refractivity contribution is 0.144. The smallest absolute Gasteiger partial charge is 0.164 e. The molecule has 0 aliphatic carbocycles. The van der Waals surface area contributed by atoms with Crippen LogP contribution in [0.1, 0.15) is 12.8 Å². The Balaban J connectivity index is 1.57. The van der Waals surface area contributed by atoms with Crippen molar-refractivity contribution in [3.8, 4) is 11.4 Å². The molecule has 0 saturated carbocycles. The zero-order chi connectivity index (χ0) is 18.6. The van der Waals surface area contributed by atoms with Gasteiger partial charge in [-0.25, -0.2) is 9.97 Å². The van der Waals surface area contributed by atoms with Crippen LogP contribution in [0, 0.1) is 5.92 Å². The highest BCUT2D eigenvalue weighted by Crippen LogP contribution is 2.25. The molecular formula is C19H25N7O. The molecule has 4 heterocycles. The van der Waals surface area contributed by atoms with Gasteiger partial charge in [0, 0.05) is 44.6 Å². The van der Waals surface area contributed by atoms with Gasteiger partial charge in [-0.2, -0.15) is 5.10 Å². The first-order valence-corrected chi connectivity index (χ1v) is 9.42. The average molecular weight is 367 g/mol. The fourth-order valence-corrected chi connectivity index (χ4v) is 3.69. The molecule has 1 aliphatic heterocycles. The predicted molar refractivity (Wildman–Crippen MR) is 104 cm³/mol. The van der Waals surface area contributed by atoms with Gasteiger partial charge in [0.2, 0.25) is 0 Å². The van der Waals surface area contributed by atoms with Crippen molar-refractivity contribution >= 4 is 16.9 Å². The molecule has 1 atom stereocenters. The van der Waals surface area contributed by atoms with Gasteiger partial charge in [-0.05, 0) is 37.4 Å². The van der Waals surface area contributed by atoms with Gasteiger partial charge >= 0.3 is 0 Å². The molecule has 1 saturated heterocycles. The van der Waals surface area contributed by atoms with Crippen molar-refractivity contribution in [1.82, 2.24) is 29.6 Å². The summed E-state index contributed by atoms with van der Waals surface area (Å²) in [5.41, 5.74) is 1.74. The molecule has 0 aromatic carbocycles. The lowest BCUT2D eigenvalue weighted by atomic mass is 9.98. The molecule has 2 N–H and O–H groups in total. The summed E-state index contributed by atoms with van der Waals surface area (Å²) < 4.78 is 1.77. The van der Waals surface area contributed by atoms with E-state index in [-0.39, 0.29) is 6.61 Å². The number of anilines is 1. The van der Waals surface area contributed by atoms with Crippen LogP contribution < -0.4 is 5.32 Å². The van der Waals surface area contributed by atoms with Gasteiger partial charge in [-0.15, -0.1) is 0 Å². The van der Waals surface area contributed by atoms with Gasteiger partial charge in [0.05, 0.1) is 18.2 Å². The number of β-amino-alcohol motifs (C(OH)–C–C–N with tert-alkyl or cyclic N) is 1. The second kappa shape index (κ2) is 7.98. The highest BCUT2D eigenvalue weighted by atomic mass is 16.3. The summed E-state index contributed by atoms with van der Waals surface area (Å²) in [6.07, 6.45) is 7.66. The minimum absolute atomic E-state index is 0.220. The number of aliphatic hydroxyl groups is 1. The van der Waals surface area contributed by atoms with Crippen molar-refractivity contribution < 1.29 is 5.11 Å². The molecule has 3 aromatic rings. The van der Waals surface area contributed by atoms with Gasteiger partial charge in [0.1, 0.15) is 5.82 Å². The molecule has 0 bridgehead atoms. The lowest BCUT2D eigenvalue weighted by Gasteiger charge is -2.32. The minimum Gasteiger partial charge on any atom is -0.395 e. The maximum atomic E-state index is 9.18. The van der Waals surface area contributed by atoms with Crippen molar-refractivity contribution in [2.24, 2.45) is 13.0 Å². The molecule has 8 nitrogen and oxygen atoms in total. The van der Waals surface area contributed by atoms with Gasteiger partial charge < -0.3 is 15.3 Å². The topological polar surface area (TPSA) is 92.0 Å². The summed E-state index contributed by atoms with van der Waals surface area (Å²) in [4.78, 5) is 15.9. The third-order valence-corrected chi connectivity index (χ3v) is 5.11. The van der Waals surface area contributed by atoms with Crippen LogP contribution in [0.3, 0.4) is 0 Å². The molecule has 142 valence electrons. The van der Waals surface area contributed by atoms with E-state index in [1.165, 1.54) is 12.8 Å². The number of aromatic nitrogens is 5. The lowest BCUT2D eigenvalue weighted by Crippen LogP contribution is -2.39. The predicted octanol–water partition coefficient (Wildman–Crippen LogP) is 1.54. The summed E-state index contributed by atoms with van der Waals surface area (Å²) in [5.74, 6) is 2.03. The quantitative estimate of drug-likeness (QED) is 0.683. The monoisotopic (exact) mass is 367 g/mol. The summed E-state index contributed by atoms with van der Waals surface area (Å²) >= 11 is 0. The molecule has 27 heavy (non-hydrogen) atoms. The van der Waals surface area contributed by atoms with Crippen molar-refractivity contribution in [1.29, 1.82) is 0 Å². The first-order chi connectivity index (χ1) is 13.2. The average Bonchev–Trinajstić information content (AvgIpc) is 3.08. The largest absolute Gasteiger partial charge is 0.395 e. The van der Waals surface area contributed by atoms with Crippen LogP contribution in [0.15, 0.2) is 30.7 Å². The first kappa shape index (κ1) is 17.8. The first-order valence-electron chi connectivity index (χ1n) is 9.42. The van der Waals surface area contributed by atoms with E-state index in [0.717, 1.165) is 48.6 Å². The van der Waals surface area contributed by atoms with E-state index in [0.29, 0.717) is 11.7 Å². The molecule has 0 spiro atoms. The van der Waals surface area contributed by atoms with E-state index in [4.69, 9.17) is 4.98 Å². The number of aryl methyl sites for hydroxylation is 1. The molecular weight excluding hydrogens is 342 g/mol. The van der Waals surface area contributed by atoms with Gasteiger partial charge in [0.15, 0.2) is 11.5 Å². The summed E-state index contributed by atoms with van der Waals surface area (Å²) in [6, 6.07) is 3.82. The Kier molecular flexibility index (Phi) is 5.26. The zero-order valence-electron chi connectivity index (χ0n) is 15.5. The molecule has 3 aromatic heterocycles. The SMILES string of the molecule is Cn1ncc2c(NC[C@H]3CCCN(CCO)C3)nc(-c3ccncc3)nc21. The van der Waals surface area contributed by atoms with Crippen molar-refractivity contribution in [2.45, 2.75) is 12.8 Å². The van der Waals surface area contributed by atoms with Crippen LogP contribution in [-0.4, -0.2) is 67.5 Å². The Labute approximate surface area is 158 Å². The number of nitrogens with zero attached hydrogens (tertiary/aromatic N) is 6. The number of hydrogen-bond acceptors (Lipinski definition) is 7. The maximum absolute atomic E-state index is 9.18. The number of pyridine rings is 1. The molecule has 1 aliphatic rings. The minimum atomic E-state index is 0.220. The molecule has 0 unspecified atom stereocenters. The van der Waals surface area contributed by atoms with Gasteiger partial charge in [-0.3, -0.25) is 9.67 Å².